The first kappa shape index (κ1) is 16.4. The van der Waals surface area contributed by atoms with E-state index in [2.05, 4.69) is 5.32 Å². The predicted octanol–water partition coefficient (Wildman–Crippen LogP) is 3.64. The molecule has 2 aromatic rings. The van der Waals surface area contributed by atoms with Gasteiger partial charge in [-0.1, -0.05) is 35.9 Å². The predicted molar refractivity (Wildman–Crippen MR) is 89.5 cm³/mol. The molecule has 0 bridgehead atoms. The van der Waals surface area contributed by atoms with Crippen molar-refractivity contribution >= 4 is 17.5 Å². The van der Waals surface area contributed by atoms with E-state index in [0.717, 1.165) is 28.3 Å². The molecular formula is C18H20ClNO2. The highest BCUT2D eigenvalue weighted by atomic mass is 35.5. The zero-order valence-electron chi connectivity index (χ0n) is 12.6. The van der Waals surface area contributed by atoms with E-state index >= 15 is 0 Å². The van der Waals surface area contributed by atoms with Crippen LogP contribution >= 0.6 is 11.6 Å². The largest absolute Gasteiger partial charge is 0.494 e. The van der Waals surface area contributed by atoms with Crippen molar-refractivity contribution in [2.24, 2.45) is 0 Å². The van der Waals surface area contributed by atoms with Gasteiger partial charge in [0, 0.05) is 11.6 Å². The minimum atomic E-state index is 0.0260. The number of benzene rings is 2. The number of nitrogens with one attached hydrogen (secondary N) is 1. The molecule has 3 nitrogen and oxygen atoms in total. The van der Waals surface area contributed by atoms with E-state index in [0.29, 0.717) is 19.6 Å². The van der Waals surface area contributed by atoms with Crippen molar-refractivity contribution in [2.75, 3.05) is 13.2 Å². The molecule has 0 spiro atoms. The van der Waals surface area contributed by atoms with Crippen molar-refractivity contribution in [3.8, 4) is 5.75 Å². The second kappa shape index (κ2) is 8.44. The molecule has 0 unspecified atom stereocenters. The van der Waals surface area contributed by atoms with Crippen LogP contribution in [0.2, 0.25) is 5.02 Å². The molecule has 0 atom stereocenters. The van der Waals surface area contributed by atoms with Crippen LogP contribution in [0.1, 0.15) is 18.1 Å². The number of amides is 1. The van der Waals surface area contributed by atoms with Crippen LogP contribution in [0.15, 0.2) is 48.5 Å². The van der Waals surface area contributed by atoms with E-state index in [1.807, 2.05) is 55.5 Å². The lowest BCUT2D eigenvalue weighted by atomic mass is 10.1. The molecular weight excluding hydrogens is 298 g/mol. The van der Waals surface area contributed by atoms with Gasteiger partial charge < -0.3 is 10.1 Å². The Bertz CT molecular complexity index is 593. The summed E-state index contributed by atoms with van der Waals surface area (Å²) in [5.41, 5.74) is 2.14. The van der Waals surface area contributed by atoms with Gasteiger partial charge in [0.05, 0.1) is 13.0 Å². The van der Waals surface area contributed by atoms with Crippen molar-refractivity contribution in [3.05, 3.63) is 64.7 Å². The van der Waals surface area contributed by atoms with Crippen molar-refractivity contribution in [3.63, 3.8) is 0 Å². The number of hydrogen-bond donors (Lipinski definition) is 1. The summed E-state index contributed by atoms with van der Waals surface area (Å²) in [7, 11) is 0. The van der Waals surface area contributed by atoms with Crippen LogP contribution < -0.4 is 10.1 Å². The molecule has 0 aromatic heterocycles. The lowest BCUT2D eigenvalue weighted by Gasteiger charge is -2.07. The highest BCUT2D eigenvalue weighted by Gasteiger charge is 2.03. The Morgan fingerprint density at radius 1 is 1.05 bits per heavy atom. The monoisotopic (exact) mass is 317 g/mol. The Kier molecular flexibility index (Phi) is 6.28. The third-order valence-electron chi connectivity index (χ3n) is 3.25. The zero-order valence-corrected chi connectivity index (χ0v) is 13.4. The van der Waals surface area contributed by atoms with Crippen LogP contribution in [0.3, 0.4) is 0 Å². The third-order valence-corrected chi connectivity index (χ3v) is 3.50. The highest BCUT2D eigenvalue weighted by Crippen LogP contribution is 2.12. The lowest BCUT2D eigenvalue weighted by molar-refractivity contribution is -0.120. The number of carbonyl (C=O) groups excluding carboxylic acids is 1. The average molecular weight is 318 g/mol. The fourth-order valence-corrected chi connectivity index (χ4v) is 2.24. The van der Waals surface area contributed by atoms with Crippen molar-refractivity contribution in [1.29, 1.82) is 0 Å². The summed E-state index contributed by atoms with van der Waals surface area (Å²) < 4.78 is 5.38. The summed E-state index contributed by atoms with van der Waals surface area (Å²) in [6, 6.07) is 15.3. The molecule has 2 rings (SSSR count). The molecule has 4 heteroatoms. The molecule has 0 aliphatic heterocycles. The molecule has 0 saturated carbocycles. The standard InChI is InChI=1S/C18H20ClNO2/c1-2-22-17-9-5-15(6-10-17)13-18(21)20-12-11-14-3-7-16(19)8-4-14/h3-10H,2,11-13H2,1H3,(H,20,21). The summed E-state index contributed by atoms with van der Waals surface area (Å²) in [6.45, 7) is 3.21. The molecule has 0 saturated heterocycles. The topological polar surface area (TPSA) is 38.3 Å². The highest BCUT2D eigenvalue weighted by molar-refractivity contribution is 6.30. The second-order valence-electron chi connectivity index (χ2n) is 4.98. The first-order valence-electron chi connectivity index (χ1n) is 7.40. The van der Waals surface area contributed by atoms with Gasteiger partial charge >= 0.3 is 0 Å². The minimum absolute atomic E-state index is 0.0260. The summed E-state index contributed by atoms with van der Waals surface area (Å²) in [5.74, 6) is 0.854. The van der Waals surface area contributed by atoms with Gasteiger partial charge in [0.2, 0.25) is 5.91 Å². The average Bonchev–Trinajstić information content (AvgIpc) is 2.51. The second-order valence-corrected chi connectivity index (χ2v) is 5.42. The van der Waals surface area contributed by atoms with Gasteiger partial charge in [-0.05, 0) is 48.7 Å². The molecule has 0 aliphatic rings. The summed E-state index contributed by atoms with van der Waals surface area (Å²) in [5, 5.41) is 3.66. The molecule has 0 aliphatic carbocycles. The van der Waals surface area contributed by atoms with E-state index in [-0.39, 0.29) is 5.91 Å². The molecule has 22 heavy (non-hydrogen) atoms. The third kappa shape index (κ3) is 5.41. The molecule has 1 N–H and O–H groups in total. The fourth-order valence-electron chi connectivity index (χ4n) is 2.12. The van der Waals surface area contributed by atoms with Crippen LogP contribution in [0.25, 0.3) is 0 Å². The number of halogens is 1. The first-order chi connectivity index (χ1) is 10.7. The van der Waals surface area contributed by atoms with Gasteiger partial charge in [-0.2, -0.15) is 0 Å². The molecule has 116 valence electrons. The van der Waals surface area contributed by atoms with Gasteiger partial charge in [0.15, 0.2) is 0 Å². The van der Waals surface area contributed by atoms with Gasteiger partial charge in [-0.15, -0.1) is 0 Å². The Morgan fingerprint density at radius 3 is 2.32 bits per heavy atom. The van der Waals surface area contributed by atoms with Crippen LogP contribution in [0.5, 0.6) is 5.75 Å². The molecule has 2 aromatic carbocycles. The van der Waals surface area contributed by atoms with E-state index in [1.54, 1.807) is 0 Å². The quantitative estimate of drug-likeness (QED) is 0.846. The number of rotatable bonds is 7. The number of ether oxygens (including phenoxy) is 1. The lowest BCUT2D eigenvalue weighted by Crippen LogP contribution is -2.27. The van der Waals surface area contributed by atoms with E-state index in [1.165, 1.54) is 0 Å². The van der Waals surface area contributed by atoms with Crippen LogP contribution in [-0.2, 0) is 17.6 Å². The van der Waals surface area contributed by atoms with Gasteiger partial charge in [-0.25, -0.2) is 0 Å². The number of hydrogen-bond acceptors (Lipinski definition) is 2. The van der Waals surface area contributed by atoms with E-state index in [9.17, 15) is 4.79 Å². The van der Waals surface area contributed by atoms with Crippen LogP contribution in [-0.4, -0.2) is 19.1 Å². The van der Waals surface area contributed by atoms with Gasteiger partial charge in [-0.3, -0.25) is 4.79 Å². The van der Waals surface area contributed by atoms with Crippen molar-refractivity contribution in [2.45, 2.75) is 19.8 Å². The number of carbonyl (C=O) groups is 1. The summed E-state index contributed by atoms with van der Waals surface area (Å²) in [4.78, 5) is 11.9. The van der Waals surface area contributed by atoms with Gasteiger partial charge in [0.1, 0.15) is 5.75 Å². The van der Waals surface area contributed by atoms with E-state index in [4.69, 9.17) is 16.3 Å². The zero-order chi connectivity index (χ0) is 15.8. The molecule has 0 radical (unpaired) electrons. The minimum Gasteiger partial charge on any atom is -0.494 e. The summed E-state index contributed by atoms with van der Waals surface area (Å²) >= 11 is 5.84. The first-order valence-corrected chi connectivity index (χ1v) is 7.78. The fraction of sp³-hybridized carbons (Fsp3) is 0.278. The van der Waals surface area contributed by atoms with Gasteiger partial charge in [0.25, 0.3) is 0 Å². The van der Waals surface area contributed by atoms with E-state index < -0.39 is 0 Å². The van der Waals surface area contributed by atoms with Crippen LogP contribution in [0.4, 0.5) is 0 Å². The maximum Gasteiger partial charge on any atom is 0.224 e. The smallest absolute Gasteiger partial charge is 0.224 e. The maximum absolute atomic E-state index is 11.9. The maximum atomic E-state index is 11.9. The Balaban J connectivity index is 1.74. The molecule has 1 amide bonds. The molecule has 0 fully saturated rings. The SMILES string of the molecule is CCOc1ccc(CC(=O)NCCc2ccc(Cl)cc2)cc1. The van der Waals surface area contributed by atoms with Crippen molar-refractivity contribution < 1.29 is 9.53 Å². The summed E-state index contributed by atoms with van der Waals surface area (Å²) in [6.07, 6.45) is 1.18. The normalized spacial score (nSPS) is 10.3. The Hall–Kier alpha value is -2.00. The molecule has 0 heterocycles. The van der Waals surface area contributed by atoms with Crippen molar-refractivity contribution in [1.82, 2.24) is 5.32 Å². The Morgan fingerprint density at radius 2 is 1.68 bits per heavy atom. The Labute approximate surface area is 136 Å². The van der Waals surface area contributed by atoms with Crippen LogP contribution in [0, 0.1) is 0 Å².